The fourth-order valence-electron chi connectivity index (χ4n) is 5.32. The van der Waals surface area contributed by atoms with Gasteiger partial charge in [-0.05, 0) is 62.1 Å². The van der Waals surface area contributed by atoms with Crippen molar-refractivity contribution in [3.8, 4) is 0 Å². The van der Waals surface area contributed by atoms with Gasteiger partial charge in [0, 0.05) is 37.4 Å². The van der Waals surface area contributed by atoms with Gasteiger partial charge in [0.05, 0.1) is 0 Å². The summed E-state index contributed by atoms with van der Waals surface area (Å²) in [4.78, 5) is 5.24. The minimum absolute atomic E-state index is 0. The molecule has 1 saturated heterocycles. The number of nitrogens with zero attached hydrogens (tertiary/aromatic N) is 2. The van der Waals surface area contributed by atoms with Gasteiger partial charge in [-0.15, -0.1) is 12.4 Å². The topological polar surface area (TPSA) is 6.48 Å². The highest BCUT2D eigenvalue weighted by atomic mass is 35.5. The van der Waals surface area contributed by atoms with E-state index in [0.717, 1.165) is 0 Å². The molecule has 0 N–H and O–H groups in total. The Hall–Kier alpha value is -0.990. The van der Waals surface area contributed by atoms with E-state index in [1.54, 1.807) is 5.57 Å². The molecule has 1 aromatic rings. The number of halogens is 1. The first kappa shape index (κ1) is 19.8. The summed E-state index contributed by atoms with van der Waals surface area (Å²) in [6, 6.07) is 9.17. The van der Waals surface area contributed by atoms with Gasteiger partial charge in [-0.1, -0.05) is 44.0 Å². The zero-order valence-corrected chi connectivity index (χ0v) is 17.2. The van der Waals surface area contributed by atoms with Crippen LogP contribution >= 0.6 is 12.4 Å². The van der Waals surface area contributed by atoms with Crippen LogP contribution in [-0.4, -0.2) is 37.6 Å². The molecule has 1 aliphatic heterocycles. The Labute approximate surface area is 166 Å². The summed E-state index contributed by atoms with van der Waals surface area (Å²) in [5.41, 5.74) is 5.28. The van der Waals surface area contributed by atoms with Crippen molar-refractivity contribution in [2.45, 2.75) is 58.3 Å². The molecule has 2 nitrogen and oxygen atoms in total. The summed E-state index contributed by atoms with van der Waals surface area (Å²) in [5.74, 6) is 0. The van der Waals surface area contributed by atoms with Gasteiger partial charge in [0.25, 0.3) is 0 Å². The Morgan fingerprint density at radius 2 is 1.69 bits per heavy atom. The van der Waals surface area contributed by atoms with Crippen molar-refractivity contribution < 1.29 is 0 Å². The van der Waals surface area contributed by atoms with E-state index in [9.17, 15) is 0 Å². The average molecular weight is 375 g/mol. The SMILES string of the molecule is CCCN1CCN(c2ccccc2C2=CCC3(CCCC3)CC2)CC1.Cl. The Bertz CT molecular complexity index is 610. The van der Waals surface area contributed by atoms with Gasteiger partial charge in [0.1, 0.15) is 0 Å². The third kappa shape index (κ3) is 4.12. The number of hydrogen-bond donors (Lipinski definition) is 0. The van der Waals surface area contributed by atoms with Gasteiger partial charge < -0.3 is 4.90 Å². The third-order valence-electron chi connectivity index (χ3n) is 6.87. The van der Waals surface area contributed by atoms with Crippen molar-refractivity contribution in [3.05, 3.63) is 35.9 Å². The van der Waals surface area contributed by atoms with E-state index in [1.807, 2.05) is 0 Å². The molecule has 1 aromatic carbocycles. The zero-order chi connectivity index (χ0) is 17.1. The van der Waals surface area contributed by atoms with Crippen molar-refractivity contribution in [2.24, 2.45) is 5.41 Å². The standard InChI is InChI=1S/C23H34N2.ClH/c1-2-15-24-16-18-25(19-17-24)22-8-4-3-7-21(22)20-9-13-23(14-10-20)11-5-6-12-23;/h3-4,7-9H,2,5-6,10-19H2,1H3;1H. The maximum atomic E-state index is 2.63. The molecule has 4 rings (SSSR count). The van der Waals surface area contributed by atoms with Crippen LogP contribution in [0.25, 0.3) is 5.57 Å². The molecule has 0 atom stereocenters. The molecule has 0 bridgehead atoms. The fourth-order valence-corrected chi connectivity index (χ4v) is 5.32. The van der Waals surface area contributed by atoms with E-state index in [4.69, 9.17) is 0 Å². The summed E-state index contributed by atoms with van der Waals surface area (Å²) in [7, 11) is 0. The highest BCUT2D eigenvalue weighted by Crippen LogP contribution is 2.50. The number of para-hydroxylation sites is 1. The molecule has 2 aliphatic carbocycles. The highest BCUT2D eigenvalue weighted by molar-refractivity contribution is 5.85. The number of anilines is 1. The van der Waals surface area contributed by atoms with Crippen molar-refractivity contribution in [1.29, 1.82) is 0 Å². The zero-order valence-electron chi connectivity index (χ0n) is 16.4. The summed E-state index contributed by atoms with van der Waals surface area (Å²) in [5, 5.41) is 0. The third-order valence-corrected chi connectivity index (χ3v) is 6.87. The van der Waals surface area contributed by atoms with Crippen LogP contribution in [0.4, 0.5) is 5.69 Å². The van der Waals surface area contributed by atoms with Gasteiger partial charge in [-0.25, -0.2) is 0 Å². The number of benzene rings is 1. The Morgan fingerprint density at radius 1 is 0.962 bits per heavy atom. The van der Waals surface area contributed by atoms with Crippen molar-refractivity contribution in [2.75, 3.05) is 37.6 Å². The predicted octanol–water partition coefficient (Wildman–Crippen LogP) is 5.77. The van der Waals surface area contributed by atoms with Gasteiger partial charge in [-0.2, -0.15) is 0 Å². The lowest BCUT2D eigenvalue weighted by molar-refractivity contribution is 0.258. The average Bonchev–Trinajstić information content (AvgIpc) is 3.11. The highest BCUT2D eigenvalue weighted by Gasteiger charge is 2.35. The van der Waals surface area contributed by atoms with Crippen LogP contribution in [0.5, 0.6) is 0 Å². The Kier molecular flexibility index (Phi) is 6.69. The molecule has 1 heterocycles. The van der Waals surface area contributed by atoms with Crippen LogP contribution in [0.3, 0.4) is 0 Å². The molecule has 0 amide bonds. The monoisotopic (exact) mass is 374 g/mol. The minimum Gasteiger partial charge on any atom is -0.368 e. The molecule has 1 saturated carbocycles. The number of piperazine rings is 1. The maximum absolute atomic E-state index is 2.63. The predicted molar refractivity (Wildman–Crippen MR) is 115 cm³/mol. The molecule has 0 aromatic heterocycles. The molecule has 26 heavy (non-hydrogen) atoms. The molecule has 0 radical (unpaired) electrons. The van der Waals surface area contributed by atoms with E-state index in [1.165, 1.54) is 95.3 Å². The lowest BCUT2D eigenvalue weighted by Crippen LogP contribution is -2.46. The van der Waals surface area contributed by atoms with Crippen LogP contribution in [-0.2, 0) is 0 Å². The van der Waals surface area contributed by atoms with Crippen LogP contribution < -0.4 is 4.90 Å². The first-order chi connectivity index (χ1) is 12.3. The van der Waals surface area contributed by atoms with Gasteiger partial charge in [-0.3, -0.25) is 4.90 Å². The van der Waals surface area contributed by atoms with Crippen LogP contribution in [0.2, 0.25) is 0 Å². The molecule has 3 aliphatic rings. The van der Waals surface area contributed by atoms with Crippen molar-refractivity contribution >= 4 is 23.7 Å². The molecular formula is C23H35ClN2. The number of allylic oxidation sites excluding steroid dienone is 2. The van der Waals surface area contributed by atoms with Gasteiger partial charge in [0.15, 0.2) is 0 Å². The van der Waals surface area contributed by atoms with E-state index in [-0.39, 0.29) is 12.4 Å². The number of hydrogen-bond acceptors (Lipinski definition) is 2. The smallest absolute Gasteiger partial charge is 0.0443 e. The van der Waals surface area contributed by atoms with Gasteiger partial charge >= 0.3 is 0 Å². The number of rotatable bonds is 4. The van der Waals surface area contributed by atoms with E-state index in [2.05, 4.69) is 47.1 Å². The minimum atomic E-state index is 0. The summed E-state index contributed by atoms with van der Waals surface area (Å²) >= 11 is 0. The van der Waals surface area contributed by atoms with Gasteiger partial charge in [0.2, 0.25) is 0 Å². The molecule has 144 valence electrons. The molecule has 2 fully saturated rings. The summed E-state index contributed by atoms with van der Waals surface area (Å²) in [6.07, 6.45) is 13.7. The van der Waals surface area contributed by atoms with Crippen LogP contribution in [0, 0.1) is 5.41 Å². The second kappa shape index (κ2) is 8.80. The van der Waals surface area contributed by atoms with E-state index < -0.39 is 0 Å². The lowest BCUT2D eigenvalue weighted by Gasteiger charge is -2.38. The Morgan fingerprint density at radius 3 is 2.35 bits per heavy atom. The van der Waals surface area contributed by atoms with Crippen molar-refractivity contribution in [1.82, 2.24) is 4.90 Å². The Balaban J connectivity index is 0.00000196. The first-order valence-electron chi connectivity index (χ1n) is 10.6. The van der Waals surface area contributed by atoms with Crippen molar-refractivity contribution in [3.63, 3.8) is 0 Å². The van der Waals surface area contributed by atoms with Crippen LogP contribution in [0.15, 0.2) is 30.3 Å². The molecule has 3 heteroatoms. The second-order valence-electron chi connectivity index (χ2n) is 8.49. The second-order valence-corrected chi connectivity index (χ2v) is 8.49. The largest absolute Gasteiger partial charge is 0.368 e. The fraction of sp³-hybridized carbons (Fsp3) is 0.652. The molecule has 1 spiro atoms. The molecule has 0 unspecified atom stereocenters. The normalized spacial score (nSPS) is 23.0. The van der Waals surface area contributed by atoms with E-state index in [0.29, 0.717) is 5.41 Å². The lowest BCUT2D eigenvalue weighted by atomic mass is 9.72. The first-order valence-corrected chi connectivity index (χ1v) is 10.6. The molecular weight excluding hydrogens is 340 g/mol. The quantitative estimate of drug-likeness (QED) is 0.660. The summed E-state index contributed by atoms with van der Waals surface area (Å²) < 4.78 is 0. The maximum Gasteiger partial charge on any atom is 0.0443 e. The summed E-state index contributed by atoms with van der Waals surface area (Å²) in [6.45, 7) is 8.31. The van der Waals surface area contributed by atoms with Crippen LogP contribution in [0.1, 0.15) is 63.9 Å². The van der Waals surface area contributed by atoms with E-state index >= 15 is 0 Å².